The third kappa shape index (κ3) is 2.67. The van der Waals surface area contributed by atoms with Crippen LogP contribution in [0.4, 0.5) is 14.5 Å². The van der Waals surface area contributed by atoms with Gasteiger partial charge in [0, 0.05) is 12.0 Å². The molecule has 2 aliphatic rings. The Bertz CT molecular complexity index is 900. The number of fused-ring (bicyclic) bond motifs is 3. The predicted molar refractivity (Wildman–Crippen MR) is 100.0 cm³/mol. The molecule has 0 spiro atoms. The lowest BCUT2D eigenvalue weighted by molar-refractivity contribution is 0.350. The van der Waals surface area contributed by atoms with E-state index in [1.54, 1.807) is 14.2 Å². The number of rotatable bonds is 3. The third-order valence-corrected chi connectivity index (χ3v) is 5.79. The molecule has 26 heavy (non-hydrogen) atoms. The van der Waals surface area contributed by atoms with Gasteiger partial charge in [-0.1, -0.05) is 12.2 Å². The maximum atomic E-state index is 14.4. The second kappa shape index (κ2) is 6.58. The van der Waals surface area contributed by atoms with Crippen LogP contribution >= 0.6 is 15.9 Å². The van der Waals surface area contributed by atoms with Crippen molar-refractivity contribution in [1.82, 2.24) is 0 Å². The Morgan fingerprint density at radius 1 is 1.12 bits per heavy atom. The Balaban J connectivity index is 1.82. The Morgan fingerprint density at radius 3 is 2.65 bits per heavy atom. The summed E-state index contributed by atoms with van der Waals surface area (Å²) < 4.78 is 39.8. The predicted octanol–water partition coefficient (Wildman–Crippen LogP) is 5.57. The molecule has 0 radical (unpaired) electrons. The highest BCUT2D eigenvalue weighted by molar-refractivity contribution is 9.10. The largest absolute Gasteiger partial charge is 0.493 e. The summed E-state index contributed by atoms with van der Waals surface area (Å²) in [6, 6.07) is 6.09. The minimum Gasteiger partial charge on any atom is -0.493 e. The molecule has 1 aliphatic heterocycles. The second-order valence-electron chi connectivity index (χ2n) is 6.57. The smallest absolute Gasteiger partial charge is 0.174 e. The van der Waals surface area contributed by atoms with E-state index in [9.17, 15) is 8.78 Å². The van der Waals surface area contributed by atoms with Crippen molar-refractivity contribution in [2.45, 2.75) is 18.4 Å². The average Bonchev–Trinajstić information content (AvgIpc) is 3.10. The van der Waals surface area contributed by atoms with E-state index in [1.807, 2.05) is 18.2 Å². The van der Waals surface area contributed by atoms with E-state index >= 15 is 0 Å². The first-order valence-electron chi connectivity index (χ1n) is 8.37. The molecule has 0 unspecified atom stereocenters. The van der Waals surface area contributed by atoms with Crippen molar-refractivity contribution in [3.05, 3.63) is 63.7 Å². The fourth-order valence-electron chi connectivity index (χ4n) is 4.07. The van der Waals surface area contributed by atoms with E-state index in [2.05, 4.69) is 27.3 Å². The Hall–Kier alpha value is -2.08. The maximum Gasteiger partial charge on any atom is 0.174 e. The molecule has 3 nitrogen and oxygen atoms in total. The van der Waals surface area contributed by atoms with Crippen molar-refractivity contribution in [1.29, 1.82) is 0 Å². The van der Waals surface area contributed by atoms with Crippen LogP contribution in [-0.4, -0.2) is 14.2 Å². The topological polar surface area (TPSA) is 30.5 Å². The number of hydrogen-bond donors (Lipinski definition) is 1. The number of methoxy groups -OCH3 is 2. The molecule has 1 heterocycles. The van der Waals surface area contributed by atoms with Crippen LogP contribution < -0.4 is 14.8 Å². The van der Waals surface area contributed by atoms with Gasteiger partial charge >= 0.3 is 0 Å². The lowest BCUT2D eigenvalue weighted by Gasteiger charge is -2.38. The van der Waals surface area contributed by atoms with Crippen molar-refractivity contribution in [2.75, 3.05) is 19.5 Å². The Kier molecular flexibility index (Phi) is 4.39. The van der Waals surface area contributed by atoms with Crippen molar-refractivity contribution in [3.63, 3.8) is 0 Å². The third-order valence-electron chi connectivity index (χ3n) is 5.20. The van der Waals surface area contributed by atoms with Gasteiger partial charge in [0.1, 0.15) is 11.6 Å². The molecule has 0 bridgehead atoms. The summed E-state index contributed by atoms with van der Waals surface area (Å²) in [5.41, 5.74) is 2.01. The molecule has 0 aromatic heterocycles. The Morgan fingerprint density at radius 2 is 1.92 bits per heavy atom. The molecule has 0 saturated carbocycles. The summed E-state index contributed by atoms with van der Waals surface area (Å²) in [5, 5.41) is 3.30. The van der Waals surface area contributed by atoms with Crippen molar-refractivity contribution in [2.24, 2.45) is 5.92 Å². The van der Waals surface area contributed by atoms with Crippen LogP contribution in [0, 0.1) is 17.6 Å². The zero-order chi connectivity index (χ0) is 18.4. The normalized spacial score (nSPS) is 23.2. The number of anilines is 1. The van der Waals surface area contributed by atoms with Crippen LogP contribution in [0.5, 0.6) is 11.5 Å². The molecule has 0 fully saturated rings. The standard InChI is InChI=1S/C20H18BrF2NO2/c1-25-17-7-10(6-15(21)20(17)26-2)18-13-5-3-4-12(13)14-8-11(22)9-16(23)19(14)24-18/h3-4,6-9,12-13,18,24H,5H2,1-2H3/t12-,13+,18-/m0/s1. The summed E-state index contributed by atoms with van der Waals surface area (Å²) in [6.45, 7) is 0. The number of ether oxygens (including phenoxy) is 2. The number of halogens is 3. The van der Waals surface area contributed by atoms with Gasteiger partial charge in [0.2, 0.25) is 0 Å². The van der Waals surface area contributed by atoms with Gasteiger partial charge in [0.15, 0.2) is 11.5 Å². The quantitative estimate of drug-likeness (QED) is 0.656. The first-order chi connectivity index (χ1) is 12.5. The van der Waals surface area contributed by atoms with Crippen LogP contribution in [0.25, 0.3) is 0 Å². The van der Waals surface area contributed by atoms with E-state index in [0.29, 0.717) is 22.7 Å². The van der Waals surface area contributed by atoms with E-state index < -0.39 is 11.6 Å². The number of hydrogen-bond acceptors (Lipinski definition) is 3. The highest BCUT2D eigenvalue weighted by Crippen LogP contribution is 2.52. The molecule has 2 aromatic carbocycles. The van der Waals surface area contributed by atoms with Gasteiger partial charge in [-0.3, -0.25) is 0 Å². The number of nitrogens with one attached hydrogen (secondary N) is 1. The molecular formula is C20H18BrF2NO2. The lowest BCUT2D eigenvalue weighted by Crippen LogP contribution is -2.30. The van der Waals surface area contributed by atoms with Gasteiger partial charge < -0.3 is 14.8 Å². The van der Waals surface area contributed by atoms with Crippen molar-refractivity contribution >= 4 is 21.6 Å². The van der Waals surface area contributed by atoms with Gasteiger partial charge in [0.25, 0.3) is 0 Å². The highest BCUT2D eigenvalue weighted by Gasteiger charge is 2.39. The summed E-state index contributed by atoms with van der Waals surface area (Å²) in [5.74, 6) is 0.257. The van der Waals surface area contributed by atoms with Crippen LogP contribution in [0.3, 0.4) is 0 Å². The SMILES string of the molecule is COc1cc([C@@H]2Nc3c(F)cc(F)cc3[C@H]3C=CC[C@H]32)cc(Br)c1OC. The fraction of sp³-hybridized carbons (Fsp3) is 0.300. The van der Waals surface area contributed by atoms with Gasteiger partial charge in [-0.15, -0.1) is 0 Å². The number of allylic oxidation sites excluding steroid dienone is 2. The van der Waals surface area contributed by atoms with Gasteiger partial charge in [0.05, 0.1) is 30.4 Å². The van der Waals surface area contributed by atoms with Gasteiger partial charge in [-0.25, -0.2) is 8.78 Å². The first-order valence-corrected chi connectivity index (χ1v) is 9.16. The molecule has 4 rings (SSSR count). The highest BCUT2D eigenvalue weighted by atomic mass is 79.9. The van der Waals surface area contributed by atoms with E-state index in [1.165, 1.54) is 6.07 Å². The van der Waals surface area contributed by atoms with Gasteiger partial charge in [-0.2, -0.15) is 0 Å². The summed E-state index contributed by atoms with van der Waals surface area (Å²) in [4.78, 5) is 0. The molecule has 0 saturated heterocycles. The molecule has 2 aromatic rings. The molecule has 0 amide bonds. The fourth-order valence-corrected chi connectivity index (χ4v) is 4.69. The first kappa shape index (κ1) is 17.3. The molecule has 136 valence electrons. The molecule has 6 heteroatoms. The molecule has 1 N–H and O–H groups in total. The number of benzene rings is 2. The van der Waals surface area contributed by atoms with Crippen molar-refractivity contribution in [3.8, 4) is 11.5 Å². The summed E-state index contributed by atoms with van der Waals surface area (Å²) in [7, 11) is 3.16. The Labute approximate surface area is 159 Å². The zero-order valence-electron chi connectivity index (χ0n) is 14.4. The minimum atomic E-state index is -0.566. The van der Waals surface area contributed by atoms with Crippen LogP contribution in [0.1, 0.15) is 29.5 Å². The van der Waals surface area contributed by atoms with E-state index in [4.69, 9.17) is 9.47 Å². The van der Waals surface area contributed by atoms with Crippen LogP contribution in [0.15, 0.2) is 40.9 Å². The van der Waals surface area contributed by atoms with Crippen LogP contribution in [-0.2, 0) is 0 Å². The summed E-state index contributed by atoms with van der Waals surface area (Å²) >= 11 is 3.52. The lowest BCUT2D eigenvalue weighted by atomic mass is 9.77. The average molecular weight is 422 g/mol. The molecule has 1 aliphatic carbocycles. The molecule has 3 atom stereocenters. The zero-order valence-corrected chi connectivity index (χ0v) is 15.9. The molecular weight excluding hydrogens is 404 g/mol. The van der Waals surface area contributed by atoms with E-state index in [-0.39, 0.29) is 17.9 Å². The summed E-state index contributed by atoms with van der Waals surface area (Å²) in [6.07, 6.45) is 4.97. The van der Waals surface area contributed by atoms with Crippen LogP contribution in [0.2, 0.25) is 0 Å². The maximum absolute atomic E-state index is 14.4. The monoisotopic (exact) mass is 421 g/mol. The van der Waals surface area contributed by atoms with Crippen molar-refractivity contribution < 1.29 is 18.3 Å². The van der Waals surface area contributed by atoms with Gasteiger partial charge in [-0.05, 0) is 57.6 Å². The second-order valence-corrected chi connectivity index (χ2v) is 7.42. The van der Waals surface area contributed by atoms with E-state index in [0.717, 1.165) is 22.5 Å². The minimum absolute atomic E-state index is 0.0201.